The summed E-state index contributed by atoms with van der Waals surface area (Å²) >= 11 is 0. The van der Waals surface area contributed by atoms with Gasteiger partial charge in [0.05, 0.1) is 11.5 Å². The fraction of sp³-hybridized carbons (Fsp3) is 0.529. The third kappa shape index (κ3) is 8.02. The molecule has 0 heterocycles. The molecule has 0 saturated heterocycles. The summed E-state index contributed by atoms with van der Waals surface area (Å²) in [6.07, 6.45) is 1.77. The molecule has 8 heteroatoms. The molecule has 1 rings (SSSR count). The number of rotatable bonds is 10. The first-order chi connectivity index (χ1) is 11.6. The first-order valence-electron chi connectivity index (χ1n) is 8.02. The molecule has 140 valence electrons. The third-order valence-electron chi connectivity index (χ3n) is 3.32. The number of carbonyl (C=O) groups excluding carboxylic acids is 1. The molecule has 7 nitrogen and oxygen atoms in total. The second kappa shape index (κ2) is 9.41. The number of nitrogens with zero attached hydrogens (tertiary/aromatic N) is 1. The molecule has 1 N–H and O–H groups in total. The summed E-state index contributed by atoms with van der Waals surface area (Å²) in [6.45, 7) is 4.23. The molecule has 0 spiro atoms. The summed E-state index contributed by atoms with van der Waals surface area (Å²) in [7, 11) is -3.24. The minimum Gasteiger partial charge on any atom is -0.494 e. The number of hydrogen-bond acceptors (Lipinski definition) is 5. The van der Waals surface area contributed by atoms with E-state index in [1.54, 1.807) is 12.1 Å². The molecule has 0 saturated carbocycles. The molecule has 0 unspecified atom stereocenters. The first kappa shape index (κ1) is 21.0. The molecule has 1 aromatic rings. The molecule has 0 atom stereocenters. The standard InChI is InChI=1S/C17H25NO6S/c1-13(2)11-18(12-17(20)21)16(19)5-4-10-24-14-6-8-15(9-7-14)25(3,22)23/h6-9,13H,4-5,10-12H2,1-3H3,(H,20,21). The van der Waals surface area contributed by atoms with Gasteiger partial charge in [-0.1, -0.05) is 13.8 Å². The van der Waals surface area contributed by atoms with E-state index in [4.69, 9.17) is 9.84 Å². The smallest absolute Gasteiger partial charge is 0.323 e. The molecule has 0 fully saturated rings. The second-order valence-corrected chi connectivity index (χ2v) is 8.27. The lowest BCUT2D eigenvalue weighted by Crippen LogP contribution is -2.38. The minimum atomic E-state index is -3.24. The van der Waals surface area contributed by atoms with Crippen LogP contribution in [0.5, 0.6) is 5.75 Å². The van der Waals surface area contributed by atoms with Crippen molar-refractivity contribution in [1.82, 2.24) is 4.90 Å². The van der Waals surface area contributed by atoms with Crippen molar-refractivity contribution < 1.29 is 27.9 Å². The Bertz CT molecular complexity index is 682. The maximum atomic E-state index is 12.1. The topological polar surface area (TPSA) is 101 Å². The summed E-state index contributed by atoms with van der Waals surface area (Å²) in [5, 5.41) is 8.88. The van der Waals surface area contributed by atoms with Gasteiger partial charge in [-0.3, -0.25) is 9.59 Å². The van der Waals surface area contributed by atoms with Crippen molar-refractivity contribution in [3.63, 3.8) is 0 Å². The predicted octanol–water partition coefficient (Wildman–Crippen LogP) is 1.82. The molecule has 0 bridgehead atoms. The zero-order chi connectivity index (χ0) is 19.0. The molecule has 1 aromatic carbocycles. The zero-order valence-corrected chi connectivity index (χ0v) is 15.6. The van der Waals surface area contributed by atoms with Gasteiger partial charge in [0.2, 0.25) is 5.91 Å². The average Bonchev–Trinajstić information content (AvgIpc) is 2.49. The average molecular weight is 371 g/mol. The number of benzene rings is 1. The van der Waals surface area contributed by atoms with Crippen LogP contribution in [0, 0.1) is 5.92 Å². The Kier molecular flexibility index (Phi) is 7.89. The van der Waals surface area contributed by atoms with Crippen molar-refractivity contribution in [3.05, 3.63) is 24.3 Å². The van der Waals surface area contributed by atoms with Crippen LogP contribution in [0.25, 0.3) is 0 Å². The van der Waals surface area contributed by atoms with Crippen LogP contribution in [0.3, 0.4) is 0 Å². The Hall–Kier alpha value is -2.09. The van der Waals surface area contributed by atoms with Gasteiger partial charge in [0, 0.05) is 19.2 Å². The van der Waals surface area contributed by atoms with Crippen molar-refractivity contribution >= 4 is 21.7 Å². The first-order valence-corrected chi connectivity index (χ1v) is 9.91. The fourth-order valence-corrected chi connectivity index (χ4v) is 2.84. The quantitative estimate of drug-likeness (QED) is 0.630. The highest BCUT2D eigenvalue weighted by molar-refractivity contribution is 7.90. The van der Waals surface area contributed by atoms with Crippen LogP contribution < -0.4 is 4.74 Å². The summed E-state index contributed by atoms with van der Waals surface area (Å²) < 4.78 is 28.2. The van der Waals surface area contributed by atoms with E-state index in [1.807, 2.05) is 13.8 Å². The van der Waals surface area contributed by atoms with Crippen molar-refractivity contribution in [2.24, 2.45) is 5.92 Å². The Balaban J connectivity index is 2.45. The van der Waals surface area contributed by atoms with Gasteiger partial charge in [-0.05, 0) is 36.6 Å². The van der Waals surface area contributed by atoms with Gasteiger partial charge < -0.3 is 14.7 Å². The van der Waals surface area contributed by atoms with Gasteiger partial charge in [-0.2, -0.15) is 0 Å². The molecule has 0 aliphatic carbocycles. The van der Waals surface area contributed by atoms with Gasteiger partial charge in [-0.15, -0.1) is 0 Å². The Labute approximate surface area is 148 Å². The van der Waals surface area contributed by atoms with E-state index in [-0.39, 0.29) is 36.3 Å². The van der Waals surface area contributed by atoms with Gasteiger partial charge in [0.1, 0.15) is 12.3 Å². The van der Waals surface area contributed by atoms with Crippen LogP contribution in [-0.2, 0) is 19.4 Å². The molecular formula is C17H25NO6S. The lowest BCUT2D eigenvalue weighted by atomic mass is 10.2. The van der Waals surface area contributed by atoms with Gasteiger partial charge in [0.15, 0.2) is 9.84 Å². The van der Waals surface area contributed by atoms with Crippen LogP contribution in [0.15, 0.2) is 29.2 Å². The highest BCUT2D eigenvalue weighted by atomic mass is 32.2. The van der Waals surface area contributed by atoms with E-state index in [9.17, 15) is 18.0 Å². The highest BCUT2D eigenvalue weighted by Crippen LogP contribution is 2.16. The van der Waals surface area contributed by atoms with Crippen molar-refractivity contribution in [3.8, 4) is 5.75 Å². The zero-order valence-electron chi connectivity index (χ0n) is 14.8. The van der Waals surface area contributed by atoms with E-state index in [2.05, 4.69) is 0 Å². The maximum Gasteiger partial charge on any atom is 0.323 e. The largest absolute Gasteiger partial charge is 0.494 e. The van der Waals surface area contributed by atoms with E-state index in [0.717, 1.165) is 6.26 Å². The van der Waals surface area contributed by atoms with E-state index in [0.29, 0.717) is 18.7 Å². The SMILES string of the molecule is CC(C)CN(CC(=O)O)C(=O)CCCOc1ccc(S(C)(=O)=O)cc1. The number of amides is 1. The third-order valence-corrected chi connectivity index (χ3v) is 4.45. The predicted molar refractivity (Wildman–Crippen MR) is 93.3 cm³/mol. The number of sulfone groups is 1. The van der Waals surface area contributed by atoms with Gasteiger partial charge in [0.25, 0.3) is 0 Å². The minimum absolute atomic E-state index is 0.188. The molecule has 0 aliphatic heterocycles. The summed E-state index contributed by atoms with van der Waals surface area (Å²) in [5.41, 5.74) is 0. The summed E-state index contributed by atoms with van der Waals surface area (Å²) in [4.78, 5) is 24.5. The van der Waals surface area contributed by atoms with Gasteiger partial charge in [-0.25, -0.2) is 8.42 Å². The van der Waals surface area contributed by atoms with E-state index >= 15 is 0 Å². The molecule has 0 aliphatic rings. The van der Waals surface area contributed by atoms with Crippen LogP contribution in [0.1, 0.15) is 26.7 Å². The molecular weight excluding hydrogens is 346 g/mol. The Morgan fingerprint density at radius 2 is 1.80 bits per heavy atom. The number of aliphatic carboxylic acids is 1. The van der Waals surface area contributed by atoms with Crippen molar-refractivity contribution in [1.29, 1.82) is 0 Å². The van der Waals surface area contributed by atoms with E-state index < -0.39 is 15.8 Å². The lowest BCUT2D eigenvalue weighted by Gasteiger charge is -2.22. The maximum absolute atomic E-state index is 12.1. The highest BCUT2D eigenvalue weighted by Gasteiger charge is 2.17. The van der Waals surface area contributed by atoms with Gasteiger partial charge >= 0.3 is 5.97 Å². The Morgan fingerprint density at radius 1 is 1.20 bits per heavy atom. The summed E-state index contributed by atoms with van der Waals surface area (Å²) in [5.74, 6) is -0.541. The van der Waals surface area contributed by atoms with Crippen LogP contribution in [0.2, 0.25) is 0 Å². The molecule has 0 radical (unpaired) electrons. The van der Waals surface area contributed by atoms with Crippen LogP contribution in [-0.4, -0.2) is 56.3 Å². The number of ether oxygens (including phenoxy) is 1. The van der Waals surface area contributed by atoms with E-state index in [1.165, 1.54) is 17.0 Å². The molecule has 0 aromatic heterocycles. The number of hydrogen-bond donors (Lipinski definition) is 1. The summed E-state index contributed by atoms with van der Waals surface area (Å²) in [6, 6.07) is 6.06. The van der Waals surface area contributed by atoms with Crippen LogP contribution in [0.4, 0.5) is 0 Å². The monoisotopic (exact) mass is 371 g/mol. The van der Waals surface area contributed by atoms with Crippen LogP contribution >= 0.6 is 0 Å². The normalized spacial score (nSPS) is 11.4. The van der Waals surface area contributed by atoms with Crippen molar-refractivity contribution in [2.75, 3.05) is 26.0 Å². The number of carbonyl (C=O) groups is 2. The fourth-order valence-electron chi connectivity index (χ4n) is 2.21. The second-order valence-electron chi connectivity index (χ2n) is 6.26. The number of carboxylic acid groups (broad SMARTS) is 1. The molecule has 25 heavy (non-hydrogen) atoms. The Morgan fingerprint density at radius 3 is 2.28 bits per heavy atom. The molecule has 1 amide bonds. The number of carboxylic acids is 1. The lowest BCUT2D eigenvalue weighted by molar-refractivity contribution is -0.144. The van der Waals surface area contributed by atoms with Crippen molar-refractivity contribution in [2.45, 2.75) is 31.6 Å².